The van der Waals surface area contributed by atoms with Crippen LogP contribution in [0.4, 0.5) is 0 Å². The molecule has 1 rings (SSSR count). The number of hydrogen-bond acceptors (Lipinski definition) is 1. The molecule has 1 heteroatoms. The van der Waals surface area contributed by atoms with Gasteiger partial charge in [0.2, 0.25) is 0 Å². The predicted molar refractivity (Wildman–Crippen MR) is 64.6 cm³/mol. The molecule has 1 aliphatic carbocycles. The molecule has 0 radical (unpaired) electrons. The lowest BCUT2D eigenvalue weighted by molar-refractivity contribution is -0.112. The Balaban J connectivity index is 2.73. The lowest BCUT2D eigenvalue weighted by atomic mass is 9.64. The second-order valence-corrected chi connectivity index (χ2v) is 5.40. The lowest BCUT2D eigenvalue weighted by Crippen LogP contribution is -2.31. The highest BCUT2D eigenvalue weighted by molar-refractivity contribution is 5.87. The summed E-state index contributed by atoms with van der Waals surface area (Å²) in [6.07, 6.45) is 6.04. The van der Waals surface area contributed by atoms with Crippen LogP contribution in [-0.2, 0) is 4.79 Å². The zero-order chi connectivity index (χ0) is 11.6. The quantitative estimate of drug-likeness (QED) is 0.496. The van der Waals surface area contributed by atoms with Gasteiger partial charge in [0.25, 0.3) is 0 Å². The minimum atomic E-state index is 0.125. The first-order valence-electron chi connectivity index (χ1n) is 5.72. The number of carbonyl (C=O) groups excluding carboxylic acids is 1. The van der Waals surface area contributed by atoms with E-state index in [1.807, 2.05) is 6.08 Å². The molecule has 0 bridgehead atoms. The van der Waals surface area contributed by atoms with Crippen LogP contribution >= 0.6 is 0 Å². The number of allylic oxidation sites excluding steroid dienone is 3. The topological polar surface area (TPSA) is 17.1 Å². The van der Waals surface area contributed by atoms with Crippen LogP contribution in [0.2, 0.25) is 0 Å². The van der Waals surface area contributed by atoms with Crippen molar-refractivity contribution in [3.05, 3.63) is 24.3 Å². The Bertz CT molecular complexity index is 296. The normalized spacial score (nSPS) is 30.8. The summed E-state index contributed by atoms with van der Waals surface area (Å²) in [6.45, 7) is 12.6. The molecule has 0 N–H and O–H groups in total. The highest BCUT2D eigenvalue weighted by Gasteiger charge is 2.35. The van der Waals surface area contributed by atoms with Crippen LogP contribution in [0.1, 0.15) is 40.5 Å². The van der Waals surface area contributed by atoms with Crippen LogP contribution in [0.25, 0.3) is 0 Å². The van der Waals surface area contributed by atoms with E-state index in [-0.39, 0.29) is 5.78 Å². The highest BCUT2D eigenvalue weighted by Crippen LogP contribution is 2.45. The zero-order valence-corrected chi connectivity index (χ0v) is 10.3. The number of carbonyl (C=O) groups is 1. The first-order valence-corrected chi connectivity index (χ1v) is 5.72. The van der Waals surface area contributed by atoms with Gasteiger partial charge in [-0.1, -0.05) is 39.0 Å². The number of hydrogen-bond donors (Lipinski definition) is 0. The van der Waals surface area contributed by atoms with Gasteiger partial charge in [0.1, 0.15) is 0 Å². The molecule has 0 aromatic carbocycles. The van der Waals surface area contributed by atoms with Crippen molar-refractivity contribution in [3.8, 4) is 0 Å². The van der Waals surface area contributed by atoms with Gasteiger partial charge in [-0.25, -0.2) is 0 Å². The molecule has 15 heavy (non-hydrogen) atoms. The van der Waals surface area contributed by atoms with Crippen molar-refractivity contribution in [1.29, 1.82) is 0 Å². The van der Waals surface area contributed by atoms with Crippen molar-refractivity contribution < 1.29 is 4.79 Å². The van der Waals surface area contributed by atoms with Crippen LogP contribution in [0.15, 0.2) is 24.3 Å². The summed E-state index contributed by atoms with van der Waals surface area (Å²) in [4.78, 5) is 10.9. The third-order valence-corrected chi connectivity index (χ3v) is 3.87. The van der Waals surface area contributed by atoms with E-state index in [1.165, 1.54) is 12.0 Å². The summed E-state index contributed by atoms with van der Waals surface area (Å²) < 4.78 is 0. The van der Waals surface area contributed by atoms with E-state index >= 15 is 0 Å². The highest BCUT2D eigenvalue weighted by atomic mass is 16.1. The van der Waals surface area contributed by atoms with E-state index in [2.05, 4.69) is 27.4 Å². The Hall–Kier alpha value is -0.850. The molecule has 2 unspecified atom stereocenters. The summed E-state index contributed by atoms with van der Waals surface area (Å²) in [5, 5.41) is 0. The molecule has 1 aliphatic rings. The van der Waals surface area contributed by atoms with E-state index in [0.717, 1.165) is 6.42 Å². The first-order chi connectivity index (χ1) is 6.84. The SMILES string of the molecule is C=C1C(C=CC(C)=O)CCC(C)(C)C1C. The van der Waals surface area contributed by atoms with Gasteiger partial charge in [-0.05, 0) is 43.1 Å². The van der Waals surface area contributed by atoms with Gasteiger partial charge in [-0.2, -0.15) is 0 Å². The fourth-order valence-corrected chi connectivity index (χ4v) is 2.22. The Labute approximate surface area is 93.3 Å². The van der Waals surface area contributed by atoms with Crippen LogP contribution < -0.4 is 0 Å². The molecule has 0 heterocycles. The van der Waals surface area contributed by atoms with Crippen LogP contribution in [0, 0.1) is 17.3 Å². The van der Waals surface area contributed by atoms with Gasteiger partial charge in [0.15, 0.2) is 5.78 Å². The van der Waals surface area contributed by atoms with Crippen LogP contribution in [-0.4, -0.2) is 5.78 Å². The van der Waals surface area contributed by atoms with Gasteiger partial charge in [0, 0.05) is 0 Å². The summed E-state index contributed by atoms with van der Waals surface area (Å²) in [6, 6.07) is 0. The Morgan fingerprint density at radius 2 is 2.13 bits per heavy atom. The minimum Gasteiger partial charge on any atom is -0.295 e. The van der Waals surface area contributed by atoms with E-state index in [0.29, 0.717) is 17.3 Å². The largest absolute Gasteiger partial charge is 0.295 e. The van der Waals surface area contributed by atoms with Crippen molar-refractivity contribution >= 4 is 5.78 Å². The first kappa shape index (κ1) is 12.2. The molecule has 0 aliphatic heterocycles. The van der Waals surface area contributed by atoms with Crippen molar-refractivity contribution in [2.75, 3.05) is 0 Å². The second-order valence-electron chi connectivity index (χ2n) is 5.40. The smallest absolute Gasteiger partial charge is 0.152 e. The van der Waals surface area contributed by atoms with E-state index in [9.17, 15) is 4.79 Å². The third-order valence-electron chi connectivity index (χ3n) is 3.87. The third kappa shape index (κ3) is 2.80. The van der Waals surface area contributed by atoms with E-state index < -0.39 is 0 Å². The molecule has 1 fully saturated rings. The Morgan fingerprint density at radius 1 is 1.53 bits per heavy atom. The molecule has 1 nitrogen and oxygen atoms in total. The average Bonchev–Trinajstić information content (AvgIpc) is 2.13. The monoisotopic (exact) mass is 206 g/mol. The van der Waals surface area contributed by atoms with Crippen LogP contribution in [0.3, 0.4) is 0 Å². The number of rotatable bonds is 2. The molecule has 1 saturated carbocycles. The predicted octanol–water partition coefficient (Wildman–Crippen LogP) is 3.76. The van der Waals surface area contributed by atoms with Gasteiger partial charge in [0.05, 0.1) is 0 Å². The van der Waals surface area contributed by atoms with E-state index in [1.54, 1.807) is 13.0 Å². The van der Waals surface area contributed by atoms with Crippen molar-refractivity contribution in [1.82, 2.24) is 0 Å². The lowest BCUT2D eigenvalue weighted by Gasteiger charge is -2.41. The number of ketones is 1. The molecular formula is C14H22O. The molecule has 0 aromatic heterocycles. The van der Waals surface area contributed by atoms with Gasteiger partial charge < -0.3 is 0 Å². The maximum absolute atomic E-state index is 10.9. The van der Waals surface area contributed by atoms with Crippen molar-refractivity contribution in [2.45, 2.75) is 40.5 Å². The maximum Gasteiger partial charge on any atom is 0.152 e. The van der Waals surface area contributed by atoms with Gasteiger partial charge in [-0.3, -0.25) is 4.79 Å². The fourth-order valence-electron chi connectivity index (χ4n) is 2.22. The second kappa shape index (κ2) is 4.34. The molecule has 0 saturated heterocycles. The van der Waals surface area contributed by atoms with Crippen molar-refractivity contribution in [2.24, 2.45) is 17.3 Å². The fraction of sp³-hybridized carbons (Fsp3) is 0.643. The molecule has 0 spiro atoms. The molecule has 2 atom stereocenters. The Morgan fingerprint density at radius 3 is 2.67 bits per heavy atom. The summed E-state index contributed by atoms with van der Waals surface area (Å²) >= 11 is 0. The van der Waals surface area contributed by atoms with E-state index in [4.69, 9.17) is 0 Å². The summed E-state index contributed by atoms with van der Waals surface area (Å²) in [5.74, 6) is 1.06. The maximum atomic E-state index is 10.9. The summed E-state index contributed by atoms with van der Waals surface area (Å²) in [5.41, 5.74) is 1.64. The minimum absolute atomic E-state index is 0.125. The summed E-state index contributed by atoms with van der Waals surface area (Å²) in [7, 11) is 0. The van der Waals surface area contributed by atoms with Crippen LogP contribution in [0.5, 0.6) is 0 Å². The molecule has 0 aromatic rings. The zero-order valence-electron chi connectivity index (χ0n) is 10.3. The van der Waals surface area contributed by atoms with Gasteiger partial charge >= 0.3 is 0 Å². The van der Waals surface area contributed by atoms with Gasteiger partial charge in [-0.15, -0.1) is 0 Å². The molecular weight excluding hydrogens is 184 g/mol. The average molecular weight is 206 g/mol. The standard InChI is InChI=1S/C14H22O/c1-10(15)6-7-13-8-9-14(4,5)12(3)11(13)2/h6-7,12-13H,2,8-9H2,1,3-5H3. The molecule has 0 amide bonds. The van der Waals surface area contributed by atoms with Crippen molar-refractivity contribution in [3.63, 3.8) is 0 Å². The Kier molecular flexibility index (Phi) is 3.54. The molecule has 84 valence electrons.